The van der Waals surface area contributed by atoms with E-state index in [0.29, 0.717) is 23.1 Å². The molecule has 0 saturated carbocycles. The molecule has 0 unspecified atom stereocenters. The highest BCUT2D eigenvalue weighted by atomic mass is 35.5. The molecule has 1 heterocycles. The Bertz CT molecular complexity index is 523. The molecular weight excluding hydrogens is 313 g/mol. The summed E-state index contributed by atoms with van der Waals surface area (Å²) in [5.74, 6) is -1.27. The van der Waals surface area contributed by atoms with Gasteiger partial charge in [0.25, 0.3) is 0 Å². The highest BCUT2D eigenvalue weighted by molar-refractivity contribution is 6.44. The number of likely N-dealkylation sites (N-methyl/N-ethyl adjacent to an activating group) is 1. The number of halogens is 2. The van der Waals surface area contributed by atoms with Crippen molar-refractivity contribution in [1.29, 1.82) is 0 Å². The summed E-state index contributed by atoms with van der Waals surface area (Å²) in [5.41, 5.74) is 0.270. The quantitative estimate of drug-likeness (QED) is 0.845. The molecule has 21 heavy (non-hydrogen) atoms. The Kier molecular flexibility index (Phi) is 5.45. The highest BCUT2D eigenvalue weighted by Crippen LogP contribution is 2.29. The number of anilines is 1. The zero-order valence-corrected chi connectivity index (χ0v) is 13.2. The normalized spacial score (nSPS) is 15.9. The molecule has 114 valence electrons. The Morgan fingerprint density at radius 2 is 1.71 bits per heavy atom. The van der Waals surface area contributed by atoms with Crippen LogP contribution in [0.25, 0.3) is 0 Å². The number of rotatable bonds is 2. The standard InChI is InChI=1S/C14H17Cl2N3O2/c1-2-18-6-8-19(9-7-18)14(21)13(20)17-12-10(15)4-3-5-11(12)16/h3-5H,2,6-9H2,1H3,(H,17,20). The summed E-state index contributed by atoms with van der Waals surface area (Å²) in [7, 11) is 0. The molecule has 0 spiro atoms. The molecule has 1 N–H and O–H groups in total. The first-order valence-electron chi connectivity index (χ1n) is 6.79. The van der Waals surface area contributed by atoms with E-state index < -0.39 is 11.8 Å². The Balaban J connectivity index is 1.99. The number of hydrogen-bond donors (Lipinski definition) is 1. The molecule has 1 aromatic carbocycles. The van der Waals surface area contributed by atoms with E-state index in [2.05, 4.69) is 17.1 Å². The van der Waals surface area contributed by atoms with Crippen molar-refractivity contribution in [2.45, 2.75) is 6.92 Å². The lowest BCUT2D eigenvalue weighted by Crippen LogP contribution is -2.51. The molecule has 1 aliphatic rings. The maximum Gasteiger partial charge on any atom is 0.313 e. The Hall–Kier alpha value is -1.30. The molecule has 5 nitrogen and oxygen atoms in total. The van der Waals surface area contributed by atoms with E-state index in [4.69, 9.17) is 23.2 Å². The van der Waals surface area contributed by atoms with Gasteiger partial charge in [-0.05, 0) is 18.7 Å². The van der Waals surface area contributed by atoms with Crippen molar-refractivity contribution in [3.05, 3.63) is 28.2 Å². The number of benzene rings is 1. The van der Waals surface area contributed by atoms with Crippen LogP contribution in [0.15, 0.2) is 18.2 Å². The molecule has 1 aliphatic heterocycles. The van der Waals surface area contributed by atoms with E-state index in [-0.39, 0.29) is 5.69 Å². The predicted octanol–water partition coefficient (Wildman–Crippen LogP) is 2.10. The largest absolute Gasteiger partial charge is 0.332 e. The second-order valence-electron chi connectivity index (χ2n) is 4.78. The van der Waals surface area contributed by atoms with Gasteiger partial charge in [0.1, 0.15) is 0 Å². The highest BCUT2D eigenvalue weighted by Gasteiger charge is 2.26. The Morgan fingerprint density at radius 3 is 2.24 bits per heavy atom. The van der Waals surface area contributed by atoms with E-state index in [9.17, 15) is 9.59 Å². The first kappa shape index (κ1) is 16.1. The molecule has 0 aromatic heterocycles. The van der Waals surface area contributed by atoms with Gasteiger partial charge < -0.3 is 15.1 Å². The average Bonchev–Trinajstić information content (AvgIpc) is 2.50. The van der Waals surface area contributed by atoms with Gasteiger partial charge in [0.15, 0.2) is 0 Å². The Labute approximate surface area is 133 Å². The van der Waals surface area contributed by atoms with Crippen LogP contribution in [-0.2, 0) is 9.59 Å². The van der Waals surface area contributed by atoms with Crippen LogP contribution in [0.2, 0.25) is 10.0 Å². The summed E-state index contributed by atoms with van der Waals surface area (Å²) < 4.78 is 0. The summed E-state index contributed by atoms with van der Waals surface area (Å²) in [6.45, 7) is 5.69. The third-order valence-electron chi connectivity index (χ3n) is 3.50. The molecular formula is C14H17Cl2N3O2. The smallest absolute Gasteiger partial charge is 0.313 e. The summed E-state index contributed by atoms with van der Waals surface area (Å²) in [4.78, 5) is 27.9. The maximum absolute atomic E-state index is 12.1. The Morgan fingerprint density at radius 1 is 1.14 bits per heavy atom. The average molecular weight is 330 g/mol. The molecule has 0 radical (unpaired) electrons. The molecule has 1 saturated heterocycles. The molecule has 2 rings (SSSR count). The third kappa shape index (κ3) is 3.87. The molecule has 0 aliphatic carbocycles. The van der Waals surface area contributed by atoms with Crippen LogP contribution in [0.4, 0.5) is 5.69 Å². The van der Waals surface area contributed by atoms with Gasteiger partial charge in [-0.15, -0.1) is 0 Å². The fraction of sp³-hybridized carbons (Fsp3) is 0.429. The molecule has 0 atom stereocenters. The number of piperazine rings is 1. The van der Waals surface area contributed by atoms with Crippen LogP contribution in [0.1, 0.15) is 6.92 Å². The van der Waals surface area contributed by atoms with Crippen molar-refractivity contribution in [3.8, 4) is 0 Å². The molecule has 0 bridgehead atoms. The number of carbonyl (C=O) groups excluding carboxylic acids is 2. The summed E-state index contributed by atoms with van der Waals surface area (Å²) in [6.07, 6.45) is 0. The maximum atomic E-state index is 12.1. The number of para-hydroxylation sites is 1. The summed E-state index contributed by atoms with van der Waals surface area (Å²) in [5, 5.41) is 3.10. The van der Waals surface area contributed by atoms with E-state index in [0.717, 1.165) is 19.6 Å². The topological polar surface area (TPSA) is 52.7 Å². The van der Waals surface area contributed by atoms with E-state index in [1.54, 1.807) is 23.1 Å². The number of nitrogens with zero attached hydrogens (tertiary/aromatic N) is 2. The minimum atomic E-state index is -0.713. The van der Waals surface area contributed by atoms with E-state index in [1.165, 1.54) is 0 Å². The van der Waals surface area contributed by atoms with Gasteiger partial charge in [0.05, 0.1) is 15.7 Å². The van der Waals surface area contributed by atoms with Gasteiger partial charge in [0, 0.05) is 26.2 Å². The first-order chi connectivity index (χ1) is 10.0. The van der Waals surface area contributed by atoms with Crippen LogP contribution in [0.5, 0.6) is 0 Å². The molecule has 2 amide bonds. The minimum absolute atomic E-state index is 0.270. The molecule has 1 fully saturated rings. The minimum Gasteiger partial charge on any atom is -0.332 e. The lowest BCUT2D eigenvalue weighted by atomic mass is 10.3. The van der Waals surface area contributed by atoms with Gasteiger partial charge in [-0.2, -0.15) is 0 Å². The van der Waals surface area contributed by atoms with Crippen LogP contribution in [0, 0.1) is 0 Å². The van der Waals surface area contributed by atoms with Crippen LogP contribution in [0.3, 0.4) is 0 Å². The SMILES string of the molecule is CCN1CCN(C(=O)C(=O)Nc2c(Cl)cccc2Cl)CC1. The van der Waals surface area contributed by atoms with Gasteiger partial charge in [-0.1, -0.05) is 36.2 Å². The van der Waals surface area contributed by atoms with E-state index in [1.807, 2.05) is 0 Å². The van der Waals surface area contributed by atoms with Crippen molar-refractivity contribution in [3.63, 3.8) is 0 Å². The number of amides is 2. The van der Waals surface area contributed by atoms with Gasteiger partial charge in [-0.25, -0.2) is 0 Å². The van der Waals surface area contributed by atoms with Crippen molar-refractivity contribution in [1.82, 2.24) is 9.80 Å². The van der Waals surface area contributed by atoms with Crippen LogP contribution >= 0.6 is 23.2 Å². The van der Waals surface area contributed by atoms with Crippen LogP contribution < -0.4 is 5.32 Å². The number of carbonyl (C=O) groups is 2. The monoisotopic (exact) mass is 329 g/mol. The summed E-state index contributed by atoms with van der Waals surface area (Å²) >= 11 is 11.9. The van der Waals surface area contributed by atoms with Crippen molar-refractivity contribution in [2.75, 3.05) is 38.0 Å². The molecule has 1 aromatic rings. The lowest BCUT2D eigenvalue weighted by Gasteiger charge is -2.33. The van der Waals surface area contributed by atoms with Crippen molar-refractivity contribution in [2.24, 2.45) is 0 Å². The fourth-order valence-corrected chi connectivity index (χ4v) is 2.69. The fourth-order valence-electron chi connectivity index (χ4n) is 2.20. The van der Waals surface area contributed by atoms with Gasteiger partial charge in [0.2, 0.25) is 0 Å². The third-order valence-corrected chi connectivity index (χ3v) is 4.13. The zero-order valence-electron chi connectivity index (χ0n) is 11.7. The second-order valence-corrected chi connectivity index (χ2v) is 5.59. The predicted molar refractivity (Wildman–Crippen MR) is 83.8 cm³/mol. The van der Waals surface area contributed by atoms with Gasteiger partial charge >= 0.3 is 11.8 Å². The number of hydrogen-bond acceptors (Lipinski definition) is 3. The van der Waals surface area contributed by atoms with Crippen molar-refractivity contribution < 1.29 is 9.59 Å². The van der Waals surface area contributed by atoms with Gasteiger partial charge in [-0.3, -0.25) is 9.59 Å². The molecule has 7 heteroatoms. The lowest BCUT2D eigenvalue weighted by molar-refractivity contribution is -0.144. The zero-order chi connectivity index (χ0) is 15.4. The van der Waals surface area contributed by atoms with Crippen molar-refractivity contribution >= 4 is 40.7 Å². The van der Waals surface area contributed by atoms with Crippen LogP contribution in [-0.4, -0.2) is 54.3 Å². The second kappa shape index (κ2) is 7.11. The number of nitrogens with one attached hydrogen (secondary N) is 1. The first-order valence-corrected chi connectivity index (χ1v) is 7.55. The summed E-state index contributed by atoms with van der Waals surface area (Å²) in [6, 6.07) is 4.88. The van der Waals surface area contributed by atoms with E-state index >= 15 is 0 Å².